The summed E-state index contributed by atoms with van der Waals surface area (Å²) in [6.45, 7) is 2.68. The van der Waals surface area contributed by atoms with Crippen molar-refractivity contribution in [1.82, 2.24) is 14.7 Å². The highest BCUT2D eigenvalue weighted by molar-refractivity contribution is 7.97. The van der Waals surface area contributed by atoms with Gasteiger partial charge in [-0.2, -0.15) is 5.10 Å². The second-order valence-corrected chi connectivity index (χ2v) is 4.73. The van der Waals surface area contributed by atoms with E-state index in [1.165, 1.54) is 11.9 Å². The Morgan fingerprint density at radius 3 is 3.20 bits per heavy atom. The highest BCUT2D eigenvalue weighted by atomic mass is 32.2. The molecule has 2 N–H and O–H groups in total. The fraction of sp³-hybridized carbons (Fsp3) is 0.667. The van der Waals surface area contributed by atoms with Gasteiger partial charge in [0.15, 0.2) is 0 Å². The number of nitrogens with zero attached hydrogens (tertiary/aromatic N) is 3. The zero-order valence-electron chi connectivity index (χ0n) is 9.01. The number of aromatic nitrogens is 2. The standard InChI is InChI=1S/C9H16N4OS/c1-12(2)4-7-5-13-9(14-6-7)8(15-10)3-11-13/h3,7H,4-6,10H2,1-2H3. The van der Waals surface area contributed by atoms with Crippen LogP contribution >= 0.6 is 11.9 Å². The molecule has 1 unspecified atom stereocenters. The molecule has 0 bridgehead atoms. The predicted molar refractivity (Wildman–Crippen MR) is 59.8 cm³/mol. The molecule has 0 aromatic carbocycles. The van der Waals surface area contributed by atoms with E-state index in [9.17, 15) is 0 Å². The SMILES string of the molecule is CN(C)CC1COc2c(SN)cnn2C1. The third-order valence-electron chi connectivity index (χ3n) is 2.40. The highest BCUT2D eigenvalue weighted by Crippen LogP contribution is 2.29. The fourth-order valence-electron chi connectivity index (χ4n) is 1.83. The zero-order chi connectivity index (χ0) is 10.8. The van der Waals surface area contributed by atoms with Crippen molar-refractivity contribution in [2.75, 3.05) is 27.2 Å². The first-order valence-electron chi connectivity index (χ1n) is 4.90. The Balaban J connectivity index is 2.07. The first kappa shape index (κ1) is 10.8. The molecule has 0 saturated heterocycles. The van der Waals surface area contributed by atoms with Crippen molar-refractivity contribution in [2.45, 2.75) is 11.4 Å². The molecule has 1 aliphatic heterocycles. The molecule has 1 aromatic rings. The van der Waals surface area contributed by atoms with Gasteiger partial charge in [0.05, 0.1) is 19.3 Å². The Kier molecular flexibility index (Phi) is 3.18. The van der Waals surface area contributed by atoms with E-state index in [4.69, 9.17) is 9.88 Å². The Hall–Kier alpha value is -0.720. The lowest BCUT2D eigenvalue weighted by atomic mass is 10.1. The zero-order valence-corrected chi connectivity index (χ0v) is 9.83. The minimum absolute atomic E-state index is 0.503. The van der Waals surface area contributed by atoms with E-state index >= 15 is 0 Å². The monoisotopic (exact) mass is 228 g/mol. The van der Waals surface area contributed by atoms with Crippen LogP contribution in [-0.4, -0.2) is 41.9 Å². The lowest BCUT2D eigenvalue weighted by Crippen LogP contribution is -2.33. The number of nitrogens with two attached hydrogens (primary N) is 1. The van der Waals surface area contributed by atoms with Gasteiger partial charge in [0.1, 0.15) is 4.90 Å². The Morgan fingerprint density at radius 2 is 2.53 bits per heavy atom. The van der Waals surface area contributed by atoms with Crippen LogP contribution in [0.5, 0.6) is 5.88 Å². The molecule has 2 heterocycles. The normalized spacial score (nSPS) is 20.1. The molecule has 1 aromatic heterocycles. The maximum atomic E-state index is 5.67. The van der Waals surface area contributed by atoms with Crippen LogP contribution in [0.25, 0.3) is 0 Å². The van der Waals surface area contributed by atoms with Crippen molar-refractivity contribution < 1.29 is 4.74 Å². The summed E-state index contributed by atoms with van der Waals surface area (Å²) < 4.78 is 7.57. The number of hydrogen-bond donors (Lipinski definition) is 1. The van der Waals surface area contributed by atoms with Crippen LogP contribution in [-0.2, 0) is 6.54 Å². The van der Waals surface area contributed by atoms with E-state index in [0.717, 1.165) is 30.5 Å². The molecule has 1 aliphatic rings. The average Bonchev–Trinajstić information content (AvgIpc) is 2.58. The Bertz CT molecular complexity index is 339. The van der Waals surface area contributed by atoms with Crippen molar-refractivity contribution in [2.24, 2.45) is 11.1 Å². The van der Waals surface area contributed by atoms with Gasteiger partial charge in [0.25, 0.3) is 0 Å². The molecular formula is C9H16N4OS. The van der Waals surface area contributed by atoms with E-state index < -0.39 is 0 Å². The molecule has 0 radical (unpaired) electrons. The summed E-state index contributed by atoms with van der Waals surface area (Å²) in [5.74, 6) is 1.32. The fourth-order valence-corrected chi connectivity index (χ4v) is 2.21. The van der Waals surface area contributed by atoms with Crippen LogP contribution in [0.1, 0.15) is 0 Å². The van der Waals surface area contributed by atoms with Gasteiger partial charge < -0.3 is 9.64 Å². The second kappa shape index (κ2) is 4.42. The number of ether oxygens (including phenoxy) is 1. The van der Waals surface area contributed by atoms with Crippen molar-refractivity contribution >= 4 is 11.9 Å². The molecule has 0 amide bonds. The molecule has 2 rings (SSSR count). The average molecular weight is 228 g/mol. The van der Waals surface area contributed by atoms with Gasteiger partial charge in [-0.05, 0) is 26.0 Å². The smallest absolute Gasteiger partial charge is 0.227 e. The molecule has 6 heteroatoms. The first-order chi connectivity index (χ1) is 7.20. The van der Waals surface area contributed by atoms with Gasteiger partial charge in [-0.1, -0.05) is 0 Å². The molecule has 0 fully saturated rings. The molecule has 1 atom stereocenters. The summed E-state index contributed by atoms with van der Waals surface area (Å²) >= 11 is 1.19. The predicted octanol–water partition coefficient (Wildman–Crippen LogP) is 0.419. The van der Waals surface area contributed by atoms with E-state index in [1.807, 2.05) is 4.68 Å². The highest BCUT2D eigenvalue weighted by Gasteiger charge is 2.23. The van der Waals surface area contributed by atoms with Crippen LogP contribution in [0.2, 0.25) is 0 Å². The van der Waals surface area contributed by atoms with Crippen molar-refractivity contribution in [1.29, 1.82) is 0 Å². The summed E-state index contributed by atoms with van der Waals surface area (Å²) in [4.78, 5) is 3.08. The quantitative estimate of drug-likeness (QED) is 0.760. The lowest BCUT2D eigenvalue weighted by molar-refractivity contribution is 0.136. The maximum absolute atomic E-state index is 5.67. The van der Waals surface area contributed by atoms with Gasteiger partial charge in [0.2, 0.25) is 5.88 Å². The summed E-state index contributed by atoms with van der Waals surface area (Å²) in [6, 6.07) is 0. The molecule has 15 heavy (non-hydrogen) atoms. The molecule has 0 spiro atoms. The molecule has 0 aliphatic carbocycles. The lowest BCUT2D eigenvalue weighted by Gasteiger charge is -2.26. The molecular weight excluding hydrogens is 212 g/mol. The maximum Gasteiger partial charge on any atom is 0.227 e. The number of hydrogen-bond acceptors (Lipinski definition) is 5. The van der Waals surface area contributed by atoms with E-state index in [1.54, 1.807) is 6.20 Å². The number of rotatable bonds is 3. The number of fused-ring (bicyclic) bond motifs is 1. The van der Waals surface area contributed by atoms with Crippen LogP contribution in [0, 0.1) is 5.92 Å². The van der Waals surface area contributed by atoms with Crippen molar-refractivity contribution in [3.05, 3.63) is 6.20 Å². The Morgan fingerprint density at radius 1 is 1.73 bits per heavy atom. The van der Waals surface area contributed by atoms with Crippen LogP contribution in [0.15, 0.2) is 11.1 Å². The summed E-state index contributed by atoms with van der Waals surface area (Å²) in [7, 11) is 4.14. The molecule has 5 nitrogen and oxygen atoms in total. The second-order valence-electron chi connectivity index (χ2n) is 4.05. The van der Waals surface area contributed by atoms with Gasteiger partial charge in [-0.15, -0.1) is 0 Å². The minimum Gasteiger partial charge on any atom is -0.477 e. The minimum atomic E-state index is 0.503. The molecule has 84 valence electrons. The van der Waals surface area contributed by atoms with E-state index in [2.05, 4.69) is 24.1 Å². The van der Waals surface area contributed by atoms with Crippen LogP contribution < -0.4 is 9.88 Å². The van der Waals surface area contributed by atoms with E-state index in [0.29, 0.717) is 5.92 Å². The van der Waals surface area contributed by atoms with Gasteiger partial charge in [0, 0.05) is 12.5 Å². The third kappa shape index (κ3) is 2.27. The Labute approximate surface area is 93.7 Å². The summed E-state index contributed by atoms with van der Waals surface area (Å²) in [5.41, 5.74) is 0. The first-order valence-corrected chi connectivity index (χ1v) is 5.78. The van der Waals surface area contributed by atoms with Crippen LogP contribution in [0.4, 0.5) is 0 Å². The molecule has 0 saturated carbocycles. The van der Waals surface area contributed by atoms with Gasteiger partial charge in [-0.3, -0.25) is 5.14 Å². The van der Waals surface area contributed by atoms with Gasteiger partial charge >= 0.3 is 0 Å². The van der Waals surface area contributed by atoms with E-state index in [-0.39, 0.29) is 0 Å². The van der Waals surface area contributed by atoms with Crippen molar-refractivity contribution in [3.8, 4) is 5.88 Å². The van der Waals surface area contributed by atoms with Crippen LogP contribution in [0.3, 0.4) is 0 Å². The van der Waals surface area contributed by atoms with Crippen molar-refractivity contribution in [3.63, 3.8) is 0 Å². The summed E-state index contributed by atoms with van der Waals surface area (Å²) in [5, 5.41) is 9.77. The largest absolute Gasteiger partial charge is 0.477 e. The topological polar surface area (TPSA) is 56.3 Å². The third-order valence-corrected chi connectivity index (χ3v) is 2.93. The van der Waals surface area contributed by atoms with Gasteiger partial charge in [-0.25, -0.2) is 4.68 Å². The summed E-state index contributed by atoms with van der Waals surface area (Å²) in [6.07, 6.45) is 1.76.